The van der Waals surface area contributed by atoms with Crippen molar-refractivity contribution in [2.45, 2.75) is 5.41 Å². The highest BCUT2D eigenvalue weighted by molar-refractivity contribution is 6.12. The fourth-order valence-electron chi connectivity index (χ4n) is 6.38. The van der Waals surface area contributed by atoms with Gasteiger partial charge in [0.15, 0.2) is 0 Å². The molecule has 31 heavy (non-hydrogen) atoms. The summed E-state index contributed by atoms with van der Waals surface area (Å²) in [7, 11) is 0. The maximum atomic E-state index is 2.46. The summed E-state index contributed by atoms with van der Waals surface area (Å²) in [5.41, 5.74) is 8.43. The number of fused-ring (bicyclic) bond motifs is 5. The predicted molar refractivity (Wildman–Crippen MR) is 130 cm³/mol. The Kier molecular flexibility index (Phi) is 2.68. The number of hydrogen-bond donors (Lipinski definition) is 0. The average Bonchev–Trinajstić information content (AvgIpc) is 2.82. The van der Waals surface area contributed by atoms with E-state index in [1.54, 1.807) is 0 Å². The lowest BCUT2D eigenvalue weighted by molar-refractivity contribution is 0.701. The van der Waals surface area contributed by atoms with Gasteiger partial charge in [0.05, 0.1) is 5.41 Å². The Labute approximate surface area is 180 Å². The van der Waals surface area contributed by atoms with Crippen molar-refractivity contribution in [3.05, 3.63) is 131 Å². The second-order valence-corrected chi connectivity index (χ2v) is 8.91. The molecule has 0 saturated carbocycles. The summed E-state index contributed by atoms with van der Waals surface area (Å²) in [5.74, 6) is 0. The first kappa shape index (κ1) is 15.9. The molecule has 0 saturated heterocycles. The minimum atomic E-state index is -0.0639. The van der Waals surface area contributed by atoms with E-state index in [1.165, 1.54) is 65.7 Å². The van der Waals surface area contributed by atoms with Gasteiger partial charge in [-0.3, -0.25) is 0 Å². The maximum Gasteiger partial charge on any atom is 0.0726 e. The van der Waals surface area contributed by atoms with E-state index in [4.69, 9.17) is 0 Å². The van der Waals surface area contributed by atoms with Crippen molar-refractivity contribution >= 4 is 32.3 Å². The summed E-state index contributed by atoms with van der Waals surface area (Å²) < 4.78 is 0. The lowest BCUT2D eigenvalue weighted by Gasteiger charge is -2.52. The molecule has 2 aliphatic carbocycles. The van der Waals surface area contributed by atoms with E-state index in [0.717, 1.165) is 0 Å². The monoisotopic (exact) mass is 390 g/mol. The zero-order valence-electron chi connectivity index (χ0n) is 16.9. The Balaban J connectivity index is 1.47. The van der Waals surface area contributed by atoms with Gasteiger partial charge in [-0.05, 0) is 77.8 Å². The average molecular weight is 390 g/mol. The smallest absolute Gasteiger partial charge is 0.0616 e. The van der Waals surface area contributed by atoms with Gasteiger partial charge in [-0.2, -0.15) is 0 Å². The molecule has 6 aromatic rings. The highest BCUT2D eigenvalue weighted by Gasteiger charge is 2.54. The van der Waals surface area contributed by atoms with Crippen LogP contribution in [-0.2, 0) is 5.41 Å². The van der Waals surface area contributed by atoms with Gasteiger partial charge in [0.25, 0.3) is 0 Å². The van der Waals surface area contributed by atoms with Crippen molar-refractivity contribution < 1.29 is 0 Å². The molecule has 1 spiro atoms. The zero-order chi connectivity index (χ0) is 20.2. The highest BCUT2D eigenvalue weighted by Crippen LogP contribution is 2.65. The molecular weight excluding hydrogens is 372 g/mol. The third-order valence-corrected chi connectivity index (χ3v) is 7.60. The maximum absolute atomic E-state index is 2.46. The van der Waals surface area contributed by atoms with Crippen LogP contribution in [0.5, 0.6) is 0 Å². The van der Waals surface area contributed by atoms with E-state index in [2.05, 4.69) is 109 Å². The van der Waals surface area contributed by atoms with Crippen molar-refractivity contribution in [2.24, 2.45) is 0 Å². The molecule has 6 aromatic carbocycles. The number of rotatable bonds is 1. The van der Waals surface area contributed by atoms with Gasteiger partial charge < -0.3 is 0 Å². The molecule has 0 fully saturated rings. The largest absolute Gasteiger partial charge is 0.0726 e. The second kappa shape index (κ2) is 5.22. The molecule has 0 aliphatic heterocycles. The van der Waals surface area contributed by atoms with E-state index in [1.807, 2.05) is 0 Å². The Hall–Kier alpha value is -3.90. The first-order valence-corrected chi connectivity index (χ1v) is 11.0. The molecule has 0 heteroatoms. The summed E-state index contributed by atoms with van der Waals surface area (Å²) in [4.78, 5) is 0. The topological polar surface area (TPSA) is 0 Å². The van der Waals surface area contributed by atoms with Crippen molar-refractivity contribution in [1.82, 2.24) is 0 Å². The van der Waals surface area contributed by atoms with Gasteiger partial charge in [0.1, 0.15) is 0 Å². The van der Waals surface area contributed by atoms with Gasteiger partial charge in [-0.15, -0.1) is 0 Å². The van der Waals surface area contributed by atoms with Gasteiger partial charge in [0.2, 0.25) is 0 Å². The van der Waals surface area contributed by atoms with E-state index in [9.17, 15) is 0 Å². The van der Waals surface area contributed by atoms with Crippen LogP contribution in [0.15, 0.2) is 109 Å². The molecule has 0 nitrogen and oxygen atoms in total. The third kappa shape index (κ3) is 1.68. The SMILES string of the molecule is c1ccc2c(-c3cc4c5c(cccc5c3)C43c4cccc5cccc3c45)cccc2c1. The quantitative estimate of drug-likeness (QED) is 0.268. The summed E-state index contributed by atoms with van der Waals surface area (Å²) in [6, 6.07) is 40.6. The predicted octanol–water partition coefficient (Wildman–Crippen LogP) is 7.82. The normalized spacial score (nSPS) is 14.7. The van der Waals surface area contributed by atoms with Crippen LogP contribution in [-0.4, -0.2) is 0 Å². The second-order valence-electron chi connectivity index (χ2n) is 8.91. The summed E-state index contributed by atoms with van der Waals surface area (Å²) >= 11 is 0. The Morgan fingerprint density at radius 2 is 1.00 bits per heavy atom. The van der Waals surface area contributed by atoms with Crippen molar-refractivity contribution in [3.63, 3.8) is 0 Å². The van der Waals surface area contributed by atoms with E-state index >= 15 is 0 Å². The fourth-order valence-corrected chi connectivity index (χ4v) is 6.38. The van der Waals surface area contributed by atoms with Gasteiger partial charge in [-0.25, -0.2) is 0 Å². The summed E-state index contributed by atoms with van der Waals surface area (Å²) in [6.45, 7) is 0. The molecule has 142 valence electrons. The van der Waals surface area contributed by atoms with Crippen LogP contribution < -0.4 is 0 Å². The molecule has 0 bridgehead atoms. The molecule has 0 unspecified atom stereocenters. The van der Waals surface area contributed by atoms with E-state index in [0.29, 0.717) is 0 Å². The molecule has 2 aliphatic rings. The molecule has 8 rings (SSSR count). The van der Waals surface area contributed by atoms with Gasteiger partial charge in [-0.1, -0.05) is 97.1 Å². The van der Waals surface area contributed by atoms with Crippen LogP contribution in [0.3, 0.4) is 0 Å². The lowest BCUT2D eigenvalue weighted by Crippen LogP contribution is -2.43. The minimum absolute atomic E-state index is 0.0639. The Bertz CT molecular complexity index is 1690. The third-order valence-electron chi connectivity index (χ3n) is 7.60. The van der Waals surface area contributed by atoms with Crippen LogP contribution in [0.4, 0.5) is 0 Å². The number of benzene rings is 6. The lowest BCUT2D eigenvalue weighted by atomic mass is 9.49. The van der Waals surface area contributed by atoms with Crippen molar-refractivity contribution in [1.29, 1.82) is 0 Å². The molecule has 0 atom stereocenters. The molecule has 0 N–H and O–H groups in total. The van der Waals surface area contributed by atoms with Crippen LogP contribution in [0.25, 0.3) is 43.4 Å². The van der Waals surface area contributed by atoms with Crippen LogP contribution >= 0.6 is 0 Å². The van der Waals surface area contributed by atoms with Gasteiger partial charge >= 0.3 is 0 Å². The van der Waals surface area contributed by atoms with Crippen molar-refractivity contribution in [2.75, 3.05) is 0 Å². The molecule has 0 heterocycles. The molecule has 0 amide bonds. The first-order chi connectivity index (χ1) is 15.4. The summed E-state index contributed by atoms with van der Waals surface area (Å²) in [5, 5.41) is 8.20. The summed E-state index contributed by atoms with van der Waals surface area (Å²) in [6.07, 6.45) is 0. The zero-order valence-corrected chi connectivity index (χ0v) is 16.9. The van der Waals surface area contributed by atoms with Crippen LogP contribution in [0, 0.1) is 0 Å². The fraction of sp³-hybridized carbons (Fsp3) is 0.0323. The molecule has 0 aromatic heterocycles. The Morgan fingerprint density at radius 1 is 0.419 bits per heavy atom. The molecule has 0 radical (unpaired) electrons. The van der Waals surface area contributed by atoms with E-state index < -0.39 is 0 Å². The van der Waals surface area contributed by atoms with E-state index in [-0.39, 0.29) is 5.41 Å². The van der Waals surface area contributed by atoms with Crippen LogP contribution in [0.1, 0.15) is 22.3 Å². The van der Waals surface area contributed by atoms with Crippen molar-refractivity contribution in [3.8, 4) is 11.1 Å². The minimum Gasteiger partial charge on any atom is -0.0616 e. The molecular formula is C31H18. The van der Waals surface area contributed by atoms with Gasteiger partial charge in [0, 0.05) is 0 Å². The highest BCUT2D eigenvalue weighted by atomic mass is 14.5. The number of hydrogen-bond acceptors (Lipinski definition) is 0. The first-order valence-electron chi connectivity index (χ1n) is 11.0. The Morgan fingerprint density at radius 3 is 1.77 bits per heavy atom. The standard InChI is InChI=1S/C31H18/c1-2-12-23-19(7-1)8-3-13-24(23)22-17-21-11-6-16-27-30(21)28(18-22)31(27)25-14-4-9-20-10-5-15-26(31)29(20)25/h1-18H. The van der Waals surface area contributed by atoms with Crippen LogP contribution in [0.2, 0.25) is 0 Å².